The van der Waals surface area contributed by atoms with Gasteiger partial charge in [-0.05, 0) is 94.2 Å². The topological polar surface area (TPSA) is 346 Å². The molecular weight excluding hydrogens is 1010 g/mol. The molecule has 4 amide bonds. The number of carbonyl (C=O) groups excluding carboxylic acids is 7. The van der Waals surface area contributed by atoms with Crippen LogP contribution in [0.25, 0.3) is 0 Å². The zero-order valence-electron chi connectivity index (χ0n) is 45.3. The minimum absolute atomic E-state index is 0. The Hall–Kier alpha value is -5.51. The molecule has 2 aromatic rings. The Morgan fingerprint density at radius 1 is 0.618 bits per heavy atom. The van der Waals surface area contributed by atoms with E-state index < -0.39 is 83.4 Å². The van der Waals surface area contributed by atoms with Crippen LogP contribution in [0, 0.1) is 0 Å². The molecule has 6 atom stereocenters. The van der Waals surface area contributed by atoms with Crippen LogP contribution in [-0.2, 0) is 56.1 Å². The first kappa shape index (κ1) is 72.6. The average Bonchev–Trinajstić information content (AvgIpc) is 3.96. The molecule has 5 rings (SSSR count). The van der Waals surface area contributed by atoms with Crippen LogP contribution in [0.4, 0.5) is 28.8 Å². The summed E-state index contributed by atoms with van der Waals surface area (Å²) >= 11 is 0. The van der Waals surface area contributed by atoms with Gasteiger partial charge < -0.3 is 90.1 Å². The number of nitrogens with one attached hydrogen (secondary N) is 3. The van der Waals surface area contributed by atoms with Crippen molar-refractivity contribution in [2.45, 2.75) is 163 Å². The molecule has 0 aliphatic carbocycles. The summed E-state index contributed by atoms with van der Waals surface area (Å²) in [7, 11) is 0. The smallest absolute Gasteiger partial charge is 0.662 e. The predicted octanol–water partition coefficient (Wildman–Crippen LogP) is 1.26. The van der Waals surface area contributed by atoms with Crippen molar-refractivity contribution in [3.8, 4) is 0 Å². The number of β-amino-alcohol motifs (C(OH)–C–C–N with tert-alkyl or cyclic N) is 3. The second-order valence-electron chi connectivity index (χ2n) is 20.6. The SMILES string of the molecule is C.CC(C)(C)OC(=O)N[C@@H]1CN(C(=O)OCc2ccccc2)C[C@H]1O.CC(C)(C)OC(=O)N[C@@H]1CNC[C@H]1O.CC(C)(C)OC(=O)OC(=O)OC(C)(C)C.N[C@@H]1CN(C(=O)OCc2ccccc2)C[C@H]1O.O=CO[O-].[HH].[Na+]. The number of nitrogens with two attached hydrogens (primary N) is 1. The largest absolute Gasteiger partial charge is 1.00 e. The van der Waals surface area contributed by atoms with Crippen LogP contribution < -0.4 is 56.5 Å². The number of aliphatic hydroxyl groups is 3. The zero-order valence-corrected chi connectivity index (χ0v) is 47.3. The molecule has 428 valence electrons. The number of amides is 4. The van der Waals surface area contributed by atoms with Crippen molar-refractivity contribution in [2.24, 2.45) is 5.73 Å². The van der Waals surface area contributed by atoms with E-state index in [2.05, 4.69) is 25.6 Å². The number of ether oxygens (including phenoxy) is 7. The van der Waals surface area contributed by atoms with Crippen LogP contribution in [0.15, 0.2) is 60.7 Å². The average molecular weight is 1100 g/mol. The van der Waals surface area contributed by atoms with E-state index in [4.69, 9.17) is 44.2 Å². The Kier molecular flexibility index (Phi) is 33.4. The molecule has 0 unspecified atom stereocenters. The molecule has 3 aliphatic rings. The second-order valence-corrected chi connectivity index (χ2v) is 20.6. The monoisotopic (exact) mass is 1090 g/mol. The van der Waals surface area contributed by atoms with E-state index in [1.54, 1.807) is 83.1 Å². The molecular formula is C50H83N6NaO19. The standard InChI is InChI=1S/C17H24N2O5.C12H16N2O3.C10H18O5.C9H18N2O3.CH2O3.CH4.Na.H2/c1-17(2,3)24-15(21)18-13-9-19(10-14(13)20)16(22)23-11-12-7-5-4-6-8-12;13-10-6-14(7-11(10)15)12(16)17-8-9-4-2-1-3-5-9;1-9(2,3)14-7(11)13-8(12)15-10(4,5)6;1-9(2,3)14-8(13)11-6-4-10-5-7(6)12;2-1-4-3;;;/h4-8,13-14,20H,9-11H2,1-3H3,(H,18,21);1-5,10-11,15H,6-8,13H2;1-6H3;6-7,10,12H,4-5H2,1-3H3,(H,11,13);1,3H;1H4;;1H/q;;;;;;+1;/p-1/t13-,14-;10-,11-;;6-,7-;;;;/m11.1..../s1. The molecule has 0 radical (unpaired) electrons. The van der Waals surface area contributed by atoms with E-state index >= 15 is 0 Å². The Labute approximate surface area is 469 Å². The fraction of sp³-hybridized carbons (Fsp3) is 0.620. The number of likely N-dealkylation sites (tertiary alicyclic amines) is 2. The van der Waals surface area contributed by atoms with Crippen molar-refractivity contribution >= 4 is 43.2 Å². The molecule has 0 bridgehead atoms. The Balaban J connectivity index is -0.000000933. The van der Waals surface area contributed by atoms with Gasteiger partial charge in [0, 0.05) is 27.6 Å². The van der Waals surface area contributed by atoms with Crippen LogP contribution in [0.2, 0.25) is 0 Å². The van der Waals surface area contributed by atoms with Crippen LogP contribution in [0.3, 0.4) is 0 Å². The quantitative estimate of drug-likeness (QED) is 0.0390. The number of nitrogens with zero attached hydrogens (tertiary/aromatic N) is 2. The van der Waals surface area contributed by atoms with Crippen molar-refractivity contribution in [2.75, 3.05) is 39.3 Å². The molecule has 3 saturated heterocycles. The molecule has 0 spiro atoms. The number of aliphatic hydroxyl groups excluding tert-OH is 3. The summed E-state index contributed by atoms with van der Waals surface area (Å²) in [6.07, 6.45) is -6.21. The third-order valence-electron chi connectivity index (χ3n) is 9.12. The molecule has 3 aliphatic heterocycles. The van der Waals surface area contributed by atoms with Gasteiger partial charge in [0.15, 0.2) is 0 Å². The van der Waals surface area contributed by atoms with Crippen molar-refractivity contribution in [3.63, 3.8) is 0 Å². The van der Waals surface area contributed by atoms with Gasteiger partial charge in [-0.15, -0.1) is 0 Å². The van der Waals surface area contributed by atoms with Crippen LogP contribution in [0.1, 0.15) is 103 Å². The summed E-state index contributed by atoms with van der Waals surface area (Å²) in [5.74, 6) is 0. The summed E-state index contributed by atoms with van der Waals surface area (Å²) in [5, 5.41) is 45.4. The zero-order chi connectivity index (χ0) is 56.5. The molecule has 26 heteroatoms. The maximum Gasteiger partial charge on any atom is 1.00 e. The summed E-state index contributed by atoms with van der Waals surface area (Å²) in [4.78, 5) is 82.8. The molecule has 25 nitrogen and oxygen atoms in total. The number of hydrogen-bond donors (Lipinski definition) is 7. The maximum absolute atomic E-state index is 12.1. The van der Waals surface area contributed by atoms with Gasteiger partial charge in [-0.25, -0.2) is 28.8 Å². The number of alkyl carbamates (subject to hydrolysis) is 2. The van der Waals surface area contributed by atoms with Gasteiger partial charge in [0.05, 0.1) is 49.5 Å². The van der Waals surface area contributed by atoms with Gasteiger partial charge in [-0.1, -0.05) is 68.1 Å². The normalized spacial score (nSPS) is 19.5. The first-order chi connectivity index (χ1) is 34.2. The molecule has 3 heterocycles. The van der Waals surface area contributed by atoms with Crippen LogP contribution >= 0.6 is 0 Å². The third-order valence-corrected chi connectivity index (χ3v) is 9.12. The van der Waals surface area contributed by atoms with Crippen molar-refractivity contribution in [1.29, 1.82) is 0 Å². The van der Waals surface area contributed by atoms with Crippen molar-refractivity contribution in [3.05, 3.63) is 71.8 Å². The van der Waals surface area contributed by atoms with Gasteiger partial charge in [0.1, 0.15) is 35.6 Å². The summed E-state index contributed by atoms with van der Waals surface area (Å²) in [6.45, 7) is 22.9. The van der Waals surface area contributed by atoms with Crippen molar-refractivity contribution < 1.29 is 123 Å². The first-order valence-corrected chi connectivity index (χ1v) is 23.5. The van der Waals surface area contributed by atoms with Gasteiger partial charge in [0.2, 0.25) is 0 Å². The Bertz CT molecular complexity index is 2000. The molecule has 3 fully saturated rings. The first-order valence-electron chi connectivity index (χ1n) is 23.5. The molecule has 2 aromatic carbocycles. The van der Waals surface area contributed by atoms with Gasteiger partial charge in [-0.2, -0.15) is 0 Å². The van der Waals surface area contributed by atoms with Crippen LogP contribution in [-0.4, -0.2) is 166 Å². The minimum Gasteiger partial charge on any atom is -0.662 e. The third kappa shape index (κ3) is 34.2. The van der Waals surface area contributed by atoms with E-state index in [9.17, 15) is 44.1 Å². The number of rotatable bonds is 7. The van der Waals surface area contributed by atoms with Crippen LogP contribution in [0.5, 0.6) is 0 Å². The maximum atomic E-state index is 12.1. The number of benzene rings is 2. The molecule has 0 aromatic heterocycles. The fourth-order valence-corrected chi connectivity index (χ4v) is 6.00. The molecule has 76 heavy (non-hydrogen) atoms. The summed E-state index contributed by atoms with van der Waals surface area (Å²) in [5.41, 5.74) is 4.92. The van der Waals surface area contributed by atoms with Gasteiger partial charge in [-0.3, -0.25) is 4.79 Å². The van der Waals surface area contributed by atoms with E-state index in [0.717, 1.165) is 11.1 Å². The summed E-state index contributed by atoms with van der Waals surface area (Å²) < 4.78 is 34.4. The predicted molar refractivity (Wildman–Crippen MR) is 271 cm³/mol. The summed E-state index contributed by atoms with van der Waals surface area (Å²) in [6, 6.07) is 17.6. The second kappa shape index (κ2) is 35.0. The minimum atomic E-state index is -1.06. The fourth-order valence-electron chi connectivity index (χ4n) is 6.00. The van der Waals surface area contributed by atoms with Gasteiger partial charge in [0.25, 0.3) is 6.47 Å². The number of carbonyl (C=O) groups is 7. The Morgan fingerprint density at radius 2 is 0.987 bits per heavy atom. The van der Waals surface area contributed by atoms with E-state index in [1.165, 1.54) is 9.80 Å². The van der Waals surface area contributed by atoms with E-state index in [-0.39, 0.29) is 89.8 Å². The number of hydrogen-bond acceptors (Lipinski definition) is 21. The molecule has 8 N–H and O–H groups in total. The van der Waals surface area contributed by atoms with Gasteiger partial charge >= 0.3 is 66.2 Å². The van der Waals surface area contributed by atoms with E-state index in [1.807, 2.05) is 60.7 Å². The Morgan fingerprint density at radius 3 is 1.32 bits per heavy atom. The van der Waals surface area contributed by atoms with E-state index in [0.29, 0.717) is 19.6 Å². The molecule has 0 saturated carbocycles. The van der Waals surface area contributed by atoms with Crippen molar-refractivity contribution in [1.82, 2.24) is 25.8 Å².